The lowest BCUT2D eigenvalue weighted by atomic mass is 10.1. The molecule has 0 fully saturated rings. The molecule has 3 heterocycles. The molecule has 0 aromatic carbocycles. The van der Waals surface area contributed by atoms with Gasteiger partial charge < -0.3 is 9.30 Å². The summed E-state index contributed by atoms with van der Waals surface area (Å²) >= 11 is 1.71. The van der Waals surface area contributed by atoms with Crippen LogP contribution < -0.4 is 0 Å². The van der Waals surface area contributed by atoms with Crippen LogP contribution in [0.1, 0.15) is 16.5 Å². The molecule has 1 aliphatic rings. The standard InChI is InChI=1S/C14H20N4OS/c1-11-16-13(10-20-11)7-17-5-12(9-19-2)6-18-4-3-15-14(18)8-17/h3-4,10,12H,5-9H2,1-2H3/t12-/m0/s1. The number of nitrogens with zero attached hydrogens (tertiary/aromatic N) is 4. The predicted molar refractivity (Wildman–Crippen MR) is 78.6 cm³/mol. The smallest absolute Gasteiger partial charge is 0.122 e. The van der Waals surface area contributed by atoms with E-state index in [9.17, 15) is 0 Å². The van der Waals surface area contributed by atoms with Gasteiger partial charge in [-0.25, -0.2) is 9.97 Å². The van der Waals surface area contributed by atoms with Crippen molar-refractivity contribution in [2.24, 2.45) is 5.92 Å². The zero-order valence-electron chi connectivity index (χ0n) is 12.0. The van der Waals surface area contributed by atoms with Gasteiger partial charge >= 0.3 is 0 Å². The van der Waals surface area contributed by atoms with Crippen molar-refractivity contribution in [3.05, 3.63) is 34.3 Å². The highest BCUT2D eigenvalue weighted by atomic mass is 32.1. The predicted octanol–water partition coefficient (Wildman–Crippen LogP) is 1.93. The maximum Gasteiger partial charge on any atom is 0.122 e. The highest BCUT2D eigenvalue weighted by Crippen LogP contribution is 2.18. The summed E-state index contributed by atoms with van der Waals surface area (Å²) in [6, 6.07) is 0. The molecule has 6 heteroatoms. The lowest BCUT2D eigenvalue weighted by Crippen LogP contribution is -2.29. The monoisotopic (exact) mass is 292 g/mol. The summed E-state index contributed by atoms with van der Waals surface area (Å²) in [6.45, 7) is 6.60. The minimum Gasteiger partial charge on any atom is -0.384 e. The molecule has 0 saturated heterocycles. The number of imidazole rings is 1. The summed E-state index contributed by atoms with van der Waals surface area (Å²) in [5.74, 6) is 1.63. The molecule has 5 nitrogen and oxygen atoms in total. The highest BCUT2D eigenvalue weighted by Gasteiger charge is 2.22. The van der Waals surface area contributed by atoms with E-state index in [1.54, 1.807) is 18.4 Å². The van der Waals surface area contributed by atoms with E-state index >= 15 is 0 Å². The maximum atomic E-state index is 5.36. The molecule has 3 rings (SSSR count). The van der Waals surface area contributed by atoms with Crippen molar-refractivity contribution in [2.45, 2.75) is 26.6 Å². The van der Waals surface area contributed by atoms with Gasteiger partial charge in [-0.15, -0.1) is 11.3 Å². The summed E-state index contributed by atoms with van der Waals surface area (Å²) in [4.78, 5) is 11.5. The van der Waals surface area contributed by atoms with Gasteiger partial charge in [0.25, 0.3) is 0 Å². The molecular weight excluding hydrogens is 272 g/mol. The van der Waals surface area contributed by atoms with Crippen LogP contribution in [0.25, 0.3) is 0 Å². The Hall–Kier alpha value is -1.24. The number of aromatic nitrogens is 3. The van der Waals surface area contributed by atoms with Gasteiger partial charge in [-0.3, -0.25) is 4.90 Å². The van der Waals surface area contributed by atoms with Crippen LogP contribution in [-0.2, 0) is 24.4 Å². The molecule has 1 aliphatic heterocycles. The number of hydrogen-bond donors (Lipinski definition) is 0. The molecule has 0 saturated carbocycles. The van der Waals surface area contributed by atoms with E-state index in [-0.39, 0.29) is 0 Å². The summed E-state index contributed by atoms with van der Waals surface area (Å²) in [5.41, 5.74) is 1.16. The number of thiazole rings is 1. The van der Waals surface area contributed by atoms with Crippen LogP contribution in [-0.4, -0.2) is 39.7 Å². The van der Waals surface area contributed by atoms with E-state index in [2.05, 4.69) is 37.9 Å². The van der Waals surface area contributed by atoms with Crippen LogP contribution in [0.4, 0.5) is 0 Å². The molecule has 108 valence electrons. The fourth-order valence-corrected chi connectivity index (χ4v) is 3.40. The zero-order valence-corrected chi connectivity index (χ0v) is 12.8. The molecule has 0 radical (unpaired) electrons. The van der Waals surface area contributed by atoms with E-state index in [1.807, 2.05) is 6.20 Å². The minimum absolute atomic E-state index is 0.496. The van der Waals surface area contributed by atoms with Crippen molar-refractivity contribution in [3.63, 3.8) is 0 Å². The first kappa shape index (κ1) is 13.7. The maximum absolute atomic E-state index is 5.36. The van der Waals surface area contributed by atoms with Crippen LogP contribution in [0.15, 0.2) is 17.8 Å². The Balaban J connectivity index is 1.76. The van der Waals surface area contributed by atoms with Gasteiger partial charge in [-0.2, -0.15) is 0 Å². The average Bonchev–Trinajstić information content (AvgIpc) is 2.96. The Morgan fingerprint density at radius 2 is 2.35 bits per heavy atom. The van der Waals surface area contributed by atoms with Gasteiger partial charge in [0.1, 0.15) is 5.82 Å². The third-order valence-corrected chi connectivity index (χ3v) is 4.41. The second-order valence-electron chi connectivity index (χ2n) is 5.34. The quantitative estimate of drug-likeness (QED) is 0.863. The summed E-state index contributed by atoms with van der Waals surface area (Å²) in [5, 5.41) is 3.28. The van der Waals surface area contributed by atoms with Crippen LogP contribution in [0.3, 0.4) is 0 Å². The van der Waals surface area contributed by atoms with E-state index in [0.717, 1.165) is 49.3 Å². The lowest BCUT2D eigenvalue weighted by molar-refractivity contribution is 0.115. The first-order valence-corrected chi connectivity index (χ1v) is 7.75. The van der Waals surface area contributed by atoms with Gasteiger partial charge in [-0.05, 0) is 6.92 Å². The normalized spacial score (nSPS) is 19.8. The Morgan fingerprint density at radius 3 is 3.10 bits per heavy atom. The Kier molecular flexibility index (Phi) is 4.14. The fourth-order valence-electron chi connectivity index (χ4n) is 2.80. The third-order valence-electron chi connectivity index (χ3n) is 3.59. The second-order valence-corrected chi connectivity index (χ2v) is 6.41. The number of ether oxygens (including phenoxy) is 1. The first-order valence-electron chi connectivity index (χ1n) is 6.87. The first-order chi connectivity index (χ1) is 9.74. The largest absolute Gasteiger partial charge is 0.384 e. The number of methoxy groups -OCH3 is 1. The molecule has 0 spiro atoms. The summed E-state index contributed by atoms with van der Waals surface area (Å²) in [7, 11) is 1.77. The van der Waals surface area contributed by atoms with Gasteiger partial charge in [0.05, 0.1) is 23.9 Å². The molecule has 0 N–H and O–H groups in total. The summed E-state index contributed by atoms with van der Waals surface area (Å²) in [6.07, 6.45) is 3.95. The van der Waals surface area contributed by atoms with Gasteiger partial charge in [0, 0.05) is 50.4 Å². The Labute approximate surface area is 123 Å². The van der Waals surface area contributed by atoms with Crippen LogP contribution in [0, 0.1) is 12.8 Å². The number of hydrogen-bond acceptors (Lipinski definition) is 5. The molecule has 1 atom stereocenters. The molecule has 20 heavy (non-hydrogen) atoms. The molecule has 0 unspecified atom stereocenters. The SMILES string of the molecule is COC[C@H]1CN(Cc2csc(C)n2)Cc2nccn2C1. The molecule has 0 bridgehead atoms. The third kappa shape index (κ3) is 3.08. The Bertz CT molecular complexity index is 565. The molecule has 2 aromatic rings. The van der Waals surface area contributed by atoms with Crippen molar-refractivity contribution in [3.8, 4) is 0 Å². The van der Waals surface area contributed by atoms with Gasteiger partial charge in [0.15, 0.2) is 0 Å². The fraction of sp³-hybridized carbons (Fsp3) is 0.571. The number of aryl methyl sites for hydroxylation is 1. The molecular formula is C14H20N4OS. The van der Waals surface area contributed by atoms with Crippen LogP contribution in [0.5, 0.6) is 0 Å². The summed E-state index contributed by atoms with van der Waals surface area (Å²) < 4.78 is 7.60. The van der Waals surface area contributed by atoms with Crippen molar-refractivity contribution < 1.29 is 4.74 Å². The van der Waals surface area contributed by atoms with Crippen molar-refractivity contribution in [1.29, 1.82) is 0 Å². The number of fused-ring (bicyclic) bond motifs is 1. The van der Waals surface area contributed by atoms with Crippen molar-refractivity contribution >= 4 is 11.3 Å². The zero-order chi connectivity index (χ0) is 13.9. The average molecular weight is 292 g/mol. The highest BCUT2D eigenvalue weighted by molar-refractivity contribution is 7.09. The second kappa shape index (κ2) is 6.03. The van der Waals surface area contributed by atoms with E-state index in [4.69, 9.17) is 4.74 Å². The molecule has 0 amide bonds. The van der Waals surface area contributed by atoms with Gasteiger partial charge in [0.2, 0.25) is 0 Å². The van der Waals surface area contributed by atoms with Gasteiger partial charge in [-0.1, -0.05) is 0 Å². The minimum atomic E-state index is 0.496. The number of rotatable bonds is 4. The molecule has 2 aromatic heterocycles. The van der Waals surface area contributed by atoms with E-state index in [1.165, 1.54) is 0 Å². The molecule has 0 aliphatic carbocycles. The topological polar surface area (TPSA) is 43.2 Å². The van der Waals surface area contributed by atoms with E-state index < -0.39 is 0 Å². The van der Waals surface area contributed by atoms with Crippen molar-refractivity contribution in [2.75, 3.05) is 20.3 Å². The van der Waals surface area contributed by atoms with Crippen LogP contribution >= 0.6 is 11.3 Å². The van der Waals surface area contributed by atoms with E-state index in [0.29, 0.717) is 5.92 Å². The lowest BCUT2D eigenvalue weighted by Gasteiger charge is -2.22. The van der Waals surface area contributed by atoms with Crippen LogP contribution in [0.2, 0.25) is 0 Å². The Morgan fingerprint density at radius 1 is 1.45 bits per heavy atom. The van der Waals surface area contributed by atoms with Crippen molar-refractivity contribution in [1.82, 2.24) is 19.4 Å².